The van der Waals surface area contributed by atoms with Gasteiger partial charge in [0, 0.05) is 25.3 Å². The molecular formula is C15H26N4O. The number of hydrogen-bond acceptors (Lipinski definition) is 3. The number of likely N-dealkylation sites (N-methyl/N-ethyl adjacent to an activating group) is 1. The summed E-state index contributed by atoms with van der Waals surface area (Å²) in [5.74, 6) is 0.104. The van der Waals surface area contributed by atoms with E-state index in [1.165, 1.54) is 0 Å². The summed E-state index contributed by atoms with van der Waals surface area (Å²) in [6, 6.07) is 0.488. The van der Waals surface area contributed by atoms with Gasteiger partial charge in [-0.2, -0.15) is 5.10 Å². The lowest BCUT2D eigenvalue weighted by Gasteiger charge is -2.23. The van der Waals surface area contributed by atoms with Gasteiger partial charge in [0.25, 0.3) is 5.91 Å². The van der Waals surface area contributed by atoms with E-state index in [2.05, 4.69) is 44.7 Å². The van der Waals surface area contributed by atoms with Crippen LogP contribution in [0.25, 0.3) is 0 Å². The van der Waals surface area contributed by atoms with Gasteiger partial charge >= 0.3 is 0 Å². The fourth-order valence-electron chi connectivity index (χ4n) is 2.53. The third-order valence-corrected chi connectivity index (χ3v) is 4.09. The van der Waals surface area contributed by atoms with Crippen molar-refractivity contribution >= 4 is 5.91 Å². The summed E-state index contributed by atoms with van der Waals surface area (Å²) < 4.78 is 1.85. The minimum atomic E-state index is -0.0888. The van der Waals surface area contributed by atoms with Crippen molar-refractivity contribution in [2.24, 2.45) is 0 Å². The standard InChI is InChI=1S/C15H26N4O/c1-6-17(5)13-7-8-18(11-13)14(20)12-9-16-19(10-12)15(2,3)4/h9-10,13H,6-8,11H2,1-5H3/t13-/m0/s1. The van der Waals surface area contributed by atoms with Gasteiger partial charge in [-0.1, -0.05) is 6.92 Å². The van der Waals surface area contributed by atoms with Crippen LogP contribution in [0, 0.1) is 0 Å². The fourth-order valence-corrected chi connectivity index (χ4v) is 2.53. The highest BCUT2D eigenvalue weighted by Gasteiger charge is 2.29. The number of carbonyl (C=O) groups is 1. The smallest absolute Gasteiger partial charge is 0.257 e. The Labute approximate surface area is 121 Å². The van der Waals surface area contributed by atoms with E-state index in [4.69, 9.17) is 0 Å². The van der Waals surface area contributed by atoms with E-state index in [0.717, 1.165) is 26.1 Å². The second-order valence-corrected chi connectivity index (χ2v) is 6.61. The third-order valence-electron chi connectivity index (χ3n) is 4.09. The van der Waals surface area contributed by atoms with E-state index < -0.39 is 0 Å². The molecule has 0 aromatic carbocycles. The normalized spacial score (nSPS) is 19.9. The number of likely N-dealkylation sites (tertiary alicyclic amines) is 1. The van der Waals surface area contributed by atoms with E-state index >= 15 is 0 Å². The second kappa shape index (κ2) is 5.56. The van der Waals surface area contributed by atoms with Gasteiger partial charge in [-0.3, -0.25) is 9.48 Å². The van der Waals surface area contributed by atoms with Crippen LogP contribution in [0.1, 0.15) is 44.5 Å². The lowest BCUT2D eigenvalue weighted by atomic mass is 10.1. The Morgan fingerprint density at radius 1 is 1.50 bits per heavy atom. The first kappa shape index (κ1) is 15.0. The number of amides is 1. The van der Waals surface area contributed by atoms with Crippen LogP contribution in [0.15, 0.2) is 12.4 Å². The average Bonchev–Trinajstić information content (AvgIpc) is 3.05. The second-order valence-electron chi connectivity index (χ2n) is 6.61. The van der Waals surface area contributed by atoms with E-state index in [9.17, 15) is 4.79 Å². The summed E-state index contributed by atoms with van der Waals surface area (Å²) in [6.45, 7) is 11.1. The molecular weight excluding hydrogens is 252 g/mol. The molecule has 2 heterocycles. The van der Waals surface area contributed by atoms with Crippen LogP contribution in [0.5, 0.6) is 0 Å². The summed E-state index contributed by atoms with van der Waals surface area (Å²) in [7, 11) is 2.12. The van der Waals surface area contributed by atoms with Crippen LogP contribution in [-0.2, 0) is 5.54 Å². The molecule has 0 aliphatic carbocycles. The van der Waals surface area contributed by atoms with E-state index in [1.54, 1.807) is 6.20 Å². The molecule has 0 bridgehead atoms. The van der Waals surface area contributed by atoms with Crippen molar-refractivity contribution in [1.29, 1.82) is 0 Å². The van der Waals surface area contributed by atoms with Crippen molar-refractivity contribution in [3.63, 3.8) is 0 Å². The summed E-state index contributed by atoms with van der Waals surface area (Å²) >= 11 is 0. The Hall–Kier alpha value is -1.36. The molecule has 5 nitrogen and oxygen atoms in total. The number of aromatic nitrogens is 2. The van der Waals surface area contributed by atoms with Crippen LogP contribution >= 0.6 is 0 Å². The molecule has 112 valence electrons. The fraction of sp³-hybridized carbons (Fsp3) is 0.733. The number of hydrogen-bond donors (Lipinski definition) is 0. The van der Waals surface area contributed by atoms with Gasteiger partial charge in [0.1, 0.15) is 0 Å². The number of carbonyl (C=O) groups excluding carboxylic acids is 1. The molecule has 0 N–H and O–H groups in total. The Kier molecular flexibility index (Phi) is 4.18. The van der Waals surface area contributed by atoms with Crippen LogP contribution < -0.4 is 0 Å². The maximum Gasteiger partial charge on any atom is 0.257 e. The van der Waals surface area contributed by atoms with Gasteiger partial charge in [0.2, 0.25) is 0 Å². The van der Waals surface area contributed by atoms with E-state index in [0.29, 0.717) is 11.6 Å². The molecule has 20 heavy (non-hydrogen) atoms. The van der Waals surface area contributed by atoms with Gasteiger partial charge in [0.15, 0.2) is 0 Å². The molecule has 0 unspecified atom stereocenters. The minimum Gasteiger partial charge on any atom is -0.337 e. The Bertz CT molecular complexity index is 474. The highest BCUT2D eigenvalue weighted by molar-refractivity contribution is 5.94. The third kappa shape index (κ3) is 3.03. The van der Waals surface area contributed by atoms with Gasteiger partial charge in [0.05, 0.1) is 17.3 Å². The van der Waals surface area contributed by atoms with Crippen molar-refractivity contribution in [2.45, 2.75) is 45.7 Å². The molecule has 0 saturated carbocycles. The van der Waals surface area contributed by atoms with Gasteiger partial charge in [-0.05, 0) is 40.8 Å². The molecule has 1 aliphatic heterocycles. The van der Waals surface area contributed by atoms with Crippen LogP contribution in [0.4, 0.5) is 0 Å². The van der Waals surface area contributed by atoms with E-state index in [-0.39, 0.29) is 11.4 Å². The lowest BCUT2D eigenvalue weighted by Crippen LogP contribution is -2.36. The molecule has 1 amide bonds. The first-order chi connectivity index (χ1) is 9.32. The van der Waals surface area contributed by atoms with E-state index in [1.807, 2.05) is 15.8 Å². The van der Waals surface area contributed by atoms with Gasteiger partial charge in [-0.25, -0.2) is 0 Å². The maximum absolute atomic E-state index is 12.5. The van der Waals surface area contributed by atoms with Crippen molar-refractivity contribution in [1.82, 2.24) is 19.6 Å². The first-order valence-corrected chi connectivity index (χ1v) is 7.37. The summed E-state index contributed by atoms with van der Waals surface area (Å²) in [5.41, 5.74) is 0.605. The monoisotopic (exact) mass is 278 g/mol. The molecule has 1 fully saturated rings. The molecule has 2 rings (SSSR count). The van der Waals surface area contributed by atoms with Crippen molar-refractivity contribution in [3.8, 4) is 0 Å². The largest absolute Gasteiger partial charge is 0.337 e. The Balaban J connectivity index is 2.04. The molecule has 1 aromatic heterocycles. The zero-order valence-electron chi connectivity index (χ0n) is 13.3. The van der Waals surface area contributed by atoms with Crippen LogP contribution in [0.2, 0.25) is 0 Å². The highest BCUT2D eigenvalue weighted by atomic mass is 16.2. The summed E-state index contributed by atoms with van der Waals surface area (Å²) in [4.78, 5) is 16.8. The van der Waals surface area contributed by atoms with Gasteiger partial charge < -0.3 is 9.80 Å². The molecule has 1 aliphatic rings. The van der Waals surface area contributed by atoms with Gasteiger partial charge in [-0.15, -0.1) is 0 Å². The van der Waals surface area contributed by atoms with Crippen LogP contribution in [0.3, 0.4) is 0 Å². The lowest BCUT2D eigenvalue weighted by molar-refractivity contribution is 0.0781. The molecule has 1 atom stereocenters. The number of nitrogens with zero attached hydrogens (tertiary/aromatic N) is 4. The minimum absolute atomic E-state index is 0.0888. The molecule has 1 aromatic rings. The Morgan fingerprint density at radius 3 is 2.75 bits per heavy atom. The summed E-state index contributed by atoms with van der Waals surface area (Å²) in [5, 5.41) is 4.31. The first-order valence-electron chi connectivity index (χ1n) is 7.37. The predicted octanol–water partition coefficient (Wildman–Crippen LogP) is 1.80. The zero-order chi connectivity index (χ0) is 14.9. The topological polar surface area (TPSA) is 41.4 Å². The summed E-state index contributed by atoms with van der Waals surface area (Å²) in [6.07, 6.45) is 4.60. The highest BCUT2D eigenvalue weighted by Crippen LogP contribution is 2.18. The quantitative estimate of drug-likeness (QED) is 0.846. The molecule has 0 spiro atoms. The van der Waals surface area contributed by atoms with Crippen molar-refractivity contribution in [3.05, 3.63) is 18.0 Å². The van der Waals surface area contributed by atoms with Crippen LogP contribution in [-0.4, -0.2) is 58.2 Å². The molecule has 1 saturated heterocycles. The SMILES string of the molecule is CCN(C)[C@H]1CCN(C(=O)c2cnn(C(C)(C)C)c2)C1. The zero-order valence-corrected chi connectivity index (χ0v) is 13.3. The molecule has 0 radical (unpaired) electrons. The molecule has 5 heteroatoms. The van der Waals surface area contributed by atoms with Crippen molar-refractivity contribution in [2.75, 3.05) is 26.7 Å². The maximum atomic E-state index is 12.5. The number of rotatable bonds is 3. The average molecular weight is 278 g/mol. The Morgan fingerprint density at radius 2 is 2.20 bits per heavy atom. The predicted molar refractivity (Wildman–Crippen MR) is 79.8 cm³/mol. The van der Waals surface area contributed by atoms with Crippen molar-refractivity contribution < 1.29 is 4.79 Å².